The fourth-order valence-electron chi connectivity index (χ4n) is 10.0. The number of rotatable bonds is 10. The van der Waals surface area contributed by atoms with Crippen LogP contribution in [0.25, 0.3) is 33.4 Å². The van der Waals surface area contributed by atoms with Crippen molar-refractivity contribution in [1.82, 2.24) is 44.8 Å². The van der Waals surface area contributed by atoms with Crippen LogP contribution in [0.3, 0.4) is 0 Å². The lowest BCUT2D eigenvalue weighted by Gasteiger charge is -2.37. The van der Waals surface area contributed by atoms with Gasteiger partial charge in [-0.15, -0.1) is 0 Å². The van der Waals surface area contributed by atoms with Crippen LogP contribution in [0.4, 0.5) is 0 Å². The summed E-state index contributed by atoms with van der Waals surface area (Å²) in [6, 6.07) is 10.7. The maximum absolute atomic E-state index is 14.7. The van der Waals surface area contributed by atoms with Gasteiger partial charge in [0.2, 0.25) is 17.7 Å². The van der Waals surface area contributed by atoms with Crippen molar-refractivity contribution < 1.29 is 33.8 Å². The van der Waals surface area contributed by atoms with E-state index in [-0.39, 0.29) is 104 Å². The van der Waals surface area contributed by atoms with E-state index in [0.29, 0.717) is 50.9 Å². The van der Waals surface area contributed by atoms with Gasteiger partial charge in [0, 0.05) is 69.6 Å². The van der Waals surface area contributed by atoms with Gasteiger partial charge in [0.15, 0.2) is 0 Å². The summed E-state index contributed by atoms with van der Waals surface area (Å²) in [5, 5.41) is 21.6. The number of hydrogen-bond donors (Lipinski definition) is 3. The number of fused-ring (bicyclic) bond motifs is 6. The number of phenolic OH excluding ortho intramolecular Hbond substituents is 1. The van der Waals surface area contributed by atoms with Gasteiger partial charge in [-0.05, 0) is 111 Å². The molecule has 386 valence electrons. The number of nitrogens with one attached hydrogen (secondary N) is 2. The predicted octanol–water partition coefficient (Wildman–Crippen LogP) is 5.11. The summed E-state index contributed by atoms with van der Waals surface area (Å²) in [4.78, 5) is 74.4. The molecule has 0 saturated carbocycles. The summed E-state index contributed by atoms with van der Waals surface area (Å²) in [5.74, 6) is -2.82. The van der Waals surface area contributed by atoms with E-state index in [1.54, 1.807) is 24.1 Å². The number of benzene rings is 2. The van der Waals surface area contributed by atoms with E-state index >= 15 is 0 Å². The molecule has 4 aromatic rings. The van der Waals surface area contributed by atoms with Crippen molar-refractivity contribution >= 4 is 94.5 Å². The predicted molar refractivity (Wildman–Crippen MR) is 294 cm³/mol. The lowest BCUT2D eigenvalue weighted by molar-refractivity contribution is -0.155. The van der Waals surface area contributed by atoms with Gasteiger partial charge in [0.1, 0.15) is 23.9 Å². The Morgan fingerprint density at radius 3 is 2.39 bits per heavy atom. The first-order valence-corrected chi connectivity index (χ1v) is 23.2. The highest BCUT2D eigenvalue weighted by Crippen LogP contribution is 2.41. The molecular formula is C50H75N9O7S4. The molecule has 2 fully saturated rings. The molecule has 4 amide bonds. The van der Waals surface area contributed by atoms with Crippen molar-refractivity contribution in [3.8, 4) is 28.3 Å². The Kier molecular flexibility index (Phi) is 21.1. The number of nitrogens with zero attached hydrogens (tertiary/aromatic N) is 7. The third kappa shape index (κ3) is 12.9. The number of carbonyl (C=O) groups excluding carboxylic acids is 5. The number of amides is 4. The van der Waals surface area contributed by atoms with Crippen LogP contribution in [-0.4, -0.2) is 134 Å². The van der Waals surface area contributed by atoms with Crippen molar-refractivity contribution in [1.29, 1.82) is 0 Å². The number of aromatic hydroxyl groups is 1. The van der Waals surface area contributed by atoms with Crippen LogP contribution < -0.4 is 10.7 Å². The van der Waals surface area contributed by atoms with E-state index < -0.39 is 47.2 Å². The van der Waals surface area contributed by atoms with E-state index in [1.807, 2.05) is 51.8 Å². The molecule has 0 spiro atoms. The molecule has 0 unspecified atom stereocenters. The zero-order valence-electron chi connectivity index (χ0n) is 42.0. The second kappa shape index (κ2) is 24.7. The number of aryl methyl sites for hydroxylation is 2. The van der Waals surface area contributed by atoms with Crippen molar-refractivity contribution in [3.63, 3.8) is 0 Å². The van der Waals surface area contributed by atoms with Crippen LogP contribution in [0.5, 0.6) is 5.75 Å². The minimum atomic E-state index is -1.16. The van der Waals surface area contributed by atoms with Crippen molar-refractivity contribution in [2.45, 2.75) is 97.9 Å². The van der Waals surface area contributed by atoms with Crippen molar-refractivity contribution in [2.75, 3.05) is 47.4 Å². The summed E-state index contributed by atoms with van der Waals surface area (Å²) >= 11 is 0. The smallest absolute Gasteiger partial charge is 0.324 e. The van der Waals surface area contributed by atoms with Gasteiger partial charge >= 0.3 is 5.97 Å². The molecule has 3 N–H and O–H groups in total. The Labute approximate surface area is 440 Å². The molecule has 2 aromatic carbocycles. The molecule has 16 nitrogen and oxygen atoms in total. The SMILES string of the molecule is C=CC(=O)N1CC[C@H](C(=O)N(C)[C@H](C(=O)N[C@H]2Cc3cc(O)cc(c3)-c3ccc4c(c3)c(c(-c3cc(CN(C)C)nn3C)n4CC)CC(C)(C)COC(=O)[C@@H]3CCCN(N3)C2=O)C(C)C)C1.S.S.S.S. The first kappa shape index (κ1) is 59.7. The molecule has 70 heavy (non-hydrogen) atoms. The van der Waals surface area contributed by atoms with E-state index in [9.17, 15) is 29.1 Å². The van der Waals surface area contributed by atoms with Gasteiger partial charge in [-0.1, -0.05) is 46.4 Å². The van der Waals surface area contributed by atoms with Gasteiger partial charge in [-0.3, -0.25) is 33.7 Å². The fourth-order valence-corrected chi connectivity index (χ4v) is 10.0. The molecule has 4 atom stereocenters. The summed E-state index contributed by atoms with van der Waals surface area (Å²) in [5.41, 5.74) is 9.84. The van der Waals surface area contributed by atoms with Gasteiger partial charge in [-0.25, -0.2) is 5.43 Å². The maximum atomic E-state index is 14.7. The van der Waals surface area contributed by atoms with Crippen molar-refractivity contribution in [2.24, 2.45) is 24.3 Å². The number of esters is 1. The number of ether oxygens (including phenoxy) is 1. The highest BCUT2D eigenvalue weighted by Gasteiger charge is 2.40. The largest absolute Gasteiger partial charge is 0.508 e. The molecule has 20 heteroatoms. The van der Waals surface area contributed by atoms with E-state index in [0.717, 1.165) is 44.7 Å². The van der Waals surface area contributed by atoms with Crippen LogP contribution >= 0.6 is 54.0 Å². The summed E-state index contributed by atoms with van der Waals surface area (Å²) in [7, 11) is 7.59. The summed E-state index contributed by atoms with van der Waals surface area (Å²) < 4.78 is 10.4. The number of likely N-dealkylation sites (tertiary alicyclic amines) is 1. The number of phenols is 1. The Morgan fingerprint density at radius 1 is 1.01 bits per heavy atom. The number of hydrazine groups is 1. The number of aromatic nitrogens is 3. The van der Waals surface area contributed by atoms with Crippen LogP contribution in [0, 0.1) is 17.3 Å². The van der Waals surface area contributed by atoms with Gasteiger partial charge in [0.25, 0.3) is 5.91 Å². The average molecular weight is 1040 g/mol. The van der Waals surface area contributed by atoms with Crippen LogP contribution in [-0.2, 0) is 61.7 Å². The molecule has 0 aliphatic carbocycles. The molecule has 7 rings (SSSR count). The second-order valence-corrected chi connectivity index (χ2v) is 19.7. The third-order valence-electron chi connectivity index (χ3n) is 13.2. The lowest BCUT2D eigenvalue weighted by atomic mass is 9.84. The molecule has 2 aromatic heterocycles. The maximum Gasteiger partial charge on any atom is 0.324 e. The van der Waals surface area contributed by atoms with Crippen LogP contribution in [0.15, 0.2) is 55.1 Å². The molecule has 6 bridgehead atoms. The molecule has 3 aliphatic rings. The standard InChI is InChI=1S/C50H67N9O7.4H2S/c1-11-43(61)57-19-17-33(27-57)47(63)55(9)44(30(3)4)46(62)51-40-22-31-20-34(23-36(60)21-31)32-15-16-41-37(24-32)38(45(58(41)12-2)42-25-35(28-54(7)8)52-56(42)10)26-50(5,6)29-66-49(65)39-14-13-18-59(53-39)48(40)64;;;;/h11,15-16,20-21,23-25,30,33,39-40,44,53,60H,1,12-14,17-19,22,26-29H2,2-10H3,(H,51,62);4*1H2/t33-,39-,40-,44-;;;;/m0..../s1. The minimum absolute atomic E-state index is 0. The molecule has 5 heterocycles. The number of cyclic esters (lactones) is 1. The molecule has 3 aliphatic heterocycles. The topological polar surface area (TPSA) is 175 Å². The van der Waals surface area contributed by atoms with E-state index in [2.05, 4.69) is 65.8 Å². The minimum Gasteiger partial charge on any atom is -0.508 e. The third-order valence-corrected chi connectivity index (χ3v) is 13.2. The zero-order valence-corrected chi connectivity index (χ0v) is 46.0. The highest BCUT2D eigenvalue weighted by atomic mass is 32.1. The summed E-state index contributed by atoms with van der Waals surface area (Å²) in [6.45, 7) is 16.0. The van der Waals surface area contributed by atoms with Gasteiger partial charge < -0.3 is 34.4 Å². The number of hydrogen-bond acceptors (Lipinski definition) is 10. The Morgan fingerprint density at radius 2 is 1.73 bits per heavy atom. The van der Waals surface area contributed by atoms with Crippen molar-refractivity contribution in [3.05, 3.63) is 71.9 Å². The van der Waals surface area contributed by atoms with Gasteiger partial charge in [0.05, 0.1) is 29.6 Å². The van der Waals surface area contributed by atoms with Gasteiger partial charge in [-0.2, -0.15) is 59.1 Å². The second-order valence-electron chi connectivity index (χ2n) is 19.7. The molecule has 0 radical (unpaired) electrons. The first-order valence-electron chi connectivity index (χ1n) is 23.2. The fraction of sp³-hybridized carbons (Fsp3) is 0.520. The highest BCUT2D eigenvalue weighted by molar-refractivity contribution is 7.59. The number of likely N-dealkylation sites (N-methyl/N-ethyl adjacent to an activating group) is 1. The molecular weight excluding hydrogens is 967 g/mol. The first-order chi connectivity index (χ1) is 31.3. The van der Waals surface area contributed by atoms with Crippen LogP contribution in [0.2, 0.25) is 0 Å². The monoisotopic (exact) mass is 1040 g/mol. The van der Waals surface area contributed by atoms with E-state index in [1.165, 1.54) is 16.0 Å². The Balaban J connectivity index is 0.00000324. The lowest BCUT2D eigenvalue weighted by Crippen LogP contribution is -2.62. The summed E-state index contributed by atoms with van der Waals surface area (Å²) in [6.07, 6.45) is 3.21. The number of carbonyl (C=O) groups is 5. The van der Waals surface area contributed by atoms with Crippen LogP contribution in [0.1, 0.15) is 70.7 Å². The van der Waals surface area contributed by atoms with E-state index in [4.69, 9.17) is 9.84 Å². The Bertz CT molecular complexity index is 2540. The zero-order chi connectivity index (χ0) is 47.8. The quantitative estimate of drug-likeness (QED) is 0.143. The molecule has 2 saturated heterocycles. The Hall–Kier alpha value is -4.60. The average Bonchev–Trinajstić information content (AvgIpc) is 3.98. The normalized spacial score (nSPS) is 19.4.